The Hall–Kier alpha value is -0.690. The van der Waals surface area contributed by atoms with Crippen molar-refractivity contribution in [1.29, 1.82) is 0 Å². The fourth-order valence-corrected chi connectivity index (χ4v) is 1.82. The number of non-ortho nitro benzene ring substituents is 1. The highest BCUT2D eigenvalue weighted by Crippen LogP contribution is 2.23. The average molecular weight is 292 g/mol. The first-order valence-electron chi connectivity index (χ1n) is 3.72. The Morgan fingerprint density at radius 3 is 2.69 bits per heavy atom. The molecule has 0 spiro atoms. The van der Waals surface area contributed by atoms with Gasteiger partial charge in [0, 0.05) is 21.7 Å². The Labute approximate surface area is 89.4 Å². The SMILES string of the molecule is C[C@@H](N)c1cc([N+](=O)[O-])ccc1I. The van der Waals surface area contributed by atoms with Crippen LogP contribution in [0.2, 0.25) is 0 Å². The molecular weight excluding hydrogens is 283 g/mol. The summed E-state index contributed by atoms with van der Waals surface area (Å²) in [6.07, 6.45) is 0. The van der Waals surface area contributed by atoms with Crippen LogP contribution in [0, 0.1) is 13.7 Å². The third-order valence-electron chi connectivity index (χ3n) is 1.68. The average Bonchev–Trinajstić information content (AvgIpc) is 2.04. The molecule has 4 nitrogen and oxygen atoms in total. The van der Waals surface area contributed by atoms with Gasteiger partial charge >= 0.3 is 0 Å². The number of benzene rings is 1. The summed E-state index contributed by atoms with van der Waals surface area (Å²) in [6.45, 7) is 1.81. The van der Waals surface area contributed by atoms with Crippen LogP contribution in [0.4, 0.5) is 5.69 Å². The molecule has 0 amide bonds. The zero-order valence-corrected chi connectivity index (χ0v) is 9.19. The Balaban J connectivity index is 3.19. The lowest BCUT2D eigenvalue weighted by atomic mass is 10.1. The summed E-state index contributed by atoms with van der Waals surface area (Å²) >= 11 is 2.11. The highest BCUT2D eigenvalue weighted by molar-refractivity contribution is 14.1. The fraction of sp³-hybridized carbons (Fsp3) is 0.250. The quantitative estimate of drug-likeness (QED) is 0.516. The summed E-state index contributed by atoms with van der Waals surface area (Å²) in [5, 5.41) is 10.4. The van der Waals surface area contributed by atoms with Gasteiger partial charge in [0.1, 0.15) is 0 Å². The van der Waals surface area contributed by atoms with Crippen LogP contribution < -0.4 is 5.73 Å². The van der Waals surface area contributed by atoms with Crippen molar-refractivity contribution in [3.8, 4) is 0 Å². The first-order valence-corrected chi connectivity index (χ1v) is 4.79. The second-order valence-corrected chi connectivity index (χ2v) is 3.91. The van der Waals surface area contributed by atoms with Gasteiger partial charge in [-0.3, -0.25) is 10.1 Å². The monoisotopic (exact) mass is 292 g/mol. The lowest BCUT2D eigenvalue weighted by Crippen LogP contribution is -2.07. The van der Waals surface area contributed by atoms with Crippen LogP contribution in [0.15, 0.2) is 18.2 Å². The third kappa shape index (κ3) is 2.38. The van der Waals surface area contributed by atoms with E-state index in [4.69, 9.17) is 5.73 Å². The van der Waals surface area contributed by atoms with Crippen molar-refractivity contribution in [2.75, 3.05) is 0 Å². The summed E-state index contributed by atoms with van der Waals surface area (Å²) in [5.74, 6) is 0. The number of nitro groups is 1. The Kier molecular flexibility index (Phi) is 3.21. The molecule has 1 rings (SSSR count). The van der Waals surface area contributed by atoms with E-state index in [1.807, 2.05) is 0 Å². The van der Waals surface area contributed by atoms with E-state index in [1.54, 1.807) is 13.0 Å². The third-order valence-corrected chi connectivity index (χ3v) is 2.66. The zero-order valence-electron chi connectivity index (χ0n) is 7.03. The number of nitro benzene ring substituents is 1. The van der Waals surface area contributed by atoms with Gasteiger partial charge in [-0.25, -0.2) is 0 Å². The molecule has 0 heterocycles. The van der Waals surface area contributed by atoms with Crippen LogP contribution in [-0.2, 0) is 0 Å². The predicted octanol–water partition coefficient (Wildman–Crippen LogP) is 2.22. The zero-order chi connectivity index (χ0) is 10.0. The highest BCUT2D eigenvalue weighted by atomic mass is 127. The number of nitrogens with zero attached hydrogens (tertiary/aromatic N) is 1. The number of hydrogen-bond donors (Lipinski definition) is 1. The van der Waals surface area contributed by atoms with Gasteiger partial charge in [-0.05, 0) is 41.1 Å². The maximum absolute atomic E-state index is 10.4. The van der Waals surface area contributed by atoms with Gasteiger partial charge in [0.15, 0.2) is 0 Å². The number of hydrogen-bond acceptors (Lipinski definition) is 3. The van der Waals surface area contributed by atoms with Gasteiger partial charge < -0.3 is 5.73 Å². The molecule has 0 aliphatic carbocycles. The largest absolute Gasteiger partial charge is 0.324 e. The van der Waals surface area contributed by atoms with Crippen LogP contribution in [0.25, 0.3) is 0 Å². The molecule has 0 aliphatic rings. The van der Waals surface area contributed by atoms with Gasteiger partial charge in [0.2, 0.25) is 0 Å². The smallest absolute Gasteiger partial charge is 0.269 e. The van der Waals surface area contributed by atoms with Crippen molar-refractivity contribution in [1.82, 2.24) is 0 Å². The van der Waals surface area contributed by atoms with Crippen LogP contribution in [0.5, 0.6) is 0 Å². The standard InChI is InChI=1S/C8H9IN2O2/c1-5(10)7-4-6(11(12)13)2-3-8(7)9/h2-5H,10H2,1H3/t5-/m1/s1. The van der Waals surface area contributed by atoms with Gasteiger partial charge in [-0.2, -0.15) is 0 Å². The summed E-state index contributed by atoms with van der Waals surface area (Å²) < 4.78 is 0.957. The minimum Gasteiger partial charge on any atom is -0.324 e. The first-order chi connectivity index (χ1) is 6.02. The molecule has 1 aromatic rings. The molecule has 0 fully saturated rings. The maximum Gasteiger partial charge on any atom is 0.269 e. The second kappa shape index (κ2) is 4.01. The van der Waals surface area contributed by atoms with Gasteiger partial charge in [0.05, 0.1) is 4.92 Å². The van der Waals surface area contributed by atoms with Gasteiger partial charge in [-0.1, -0.05) is 0 Å². The Bertz CT molecular complexity index is 339. The summed E-state index contributed by atoms with van der Waals surface area (Å²) in [4.78, 5) is 10.0. The number of halogens is 1. The van der Waals surface area contributed by atoms with Gasteiger partial charge in [0.25, 0.3) is 5.69 Å². The highest BCUT2D eigenvalue weighted by Gasteiger charge is 2.11. The topological polar surface area (TPSA) is 69.2 Å². The van der Waals surface area contributed by atoms with E-state index in [0.717, 1.165) is 9.13 Å². The van der Waals surface area contributed by atoms with Crippen molar-refractivity contribution < 1.29 is 4.92 Å². The molecule has 70 valence electrons. The molecule has 0 bridgehead atoms. The molecule has 0 aromatic heterocycles. The molecule has 1 atom stereocenters. The Morgan fingerprint density at radius 2 is 2.23 bits per heavy atom. The van der Waals surface area contributed by atoms with E-state index in [1.165, 1.54) is 12.1 Å². The lowest BCUT2D eigenvalue weighted by Gasteiger charge is -2.07. The van der Waals surface area contributed by atoms with E-state index < -0.39 is 4.92 Å². The van der Waals surface area contributed by atoms with Gasteiger partial charge in [-0.15, -0.1) is 0 Å². The summed E-state index contributed by atoms with van der Waals surface area (Å²) in [6, 6.07) is 4.53. The number of rotatable bonds is 2. The van der Waals surface area contributed by atoms with Crippen molar-refractivity contribution in [2.45, 2.75) is 13.0 Å². The van der Waals surface area contributed by atoms with Crippen LogP contribution in [-0.4, -0.2) is 4.92 Å². The molecule has 0 saturated carbocycles. The van der Waals surface area contributed by atoms with Crippen LogP contribution in [0.3, 0.4) is 0 Å². The summed E-state index contributed by atoms with van der Waals surface area (Å²) in [5.41, 5.74) is 6.56. The molecule has 13 heavy (non-hydrogen) atoms. The Morgan fingerprint density at radius 1 is 1.62 bits per heavy atom. The second-order valence-electron chi connectivity index (χ2n) is 2.75. The normalized spacial score (nSPS) is 12.5. The minimum absolute atomic E-state index is 0.0905. The van der Waals surface area contributed by atoms with E-state index in [0.29, 0.717) is 0 Å². The molecule has 5 heteroatoms. The first kappa shape index (κ1) is 10.4. The predicted molar refractivity (Wildman–Crippen MR) is 58.4 cm³/mol. The maximum atomic E-state index is 10.4. The molecule has 0 radical (unpaired) electrons. The van der Waals surface area contributed by atoms with Crippen LogP contribution in [0.1, 0.15) is 18.5 Å². The number of nitrogens with two attached hydrogens (primary N) is 1. The van der Waals surface area contributed by atoms with Crippen molar-refractivity contribution in [3.05, 3.63) is 37.4 Å². The molecular formula is C8H9IN2O2. The fourth-order valence-electron chi connectivity index (χ4n) is 0.994. The van der Waals surface area contributed by atoms with Crippen molar-refractivity contribution >= 4 is 28.3 Å². The molecule has 0 unspecified atom stereocenters. The molecule has 1 aromatic carbocycles. The van der Waals surface area contributed by atoms with Crippen molar-refractivity contribution in [3.63, 3.8) is 0 Å². The van der Waals surface area contributed by atoms with Crippen LogP contribution >= 0.6 is 22.6 Å². The van der Waals surface area contributed by atoms with E-state index in [2.05, 4.69) is 22.6 Å². The molecule has 2 N–H and O–H groups in total. The van der Waals surface area contributed by atoms with E-state index in [9.17, 15) is 10.1 Å². The van der Waals surface area contributed by atoms with Crippen molar-refractivity contribution in [2.24, 2.45) is 5.73 Å². The minimum atomic E-state index is -0.415. The van der Waals surface area contributed by atoms with E-state index >= 15 is 0 Å². The summed E-state index contributed by atoms with van der Waals surface area (Å²) in [7, 11) is 0. The molecule has 0 aliphatic heterocycles. The van der Waals surface area contributed by atoms with E-state index in [-0.39, 0.29) is 11.7 Å². The lowest BCUT2D eigenvalue weighted by molar-refractivity contribution is -0.384. The molecule has 0 saturated heterocycles.